The van der Waals surface area contributed by atoms with Gasteiger partial charge in [-0.2, -0.15) is 0 Å². The smallest absolute Gasteiger partial charge is 0.250 e. The standard InChI is InChI=1S/C23H26FNO4/c1-5-23(28-4,15-27-3)18-11-19(24)13-20(12-18)29-14-16-6-8-21-17(10-16)7-9-22(26)25(21)2/h6-13H,5,14-15H2,1-4H3/t23-/m0/s1. The van der Waals surface area contributed by atoms with Crippen molar-refractivity contribution >= 4 is 10.9 Å². The molecule has 29 heavy (non-hydrogen) atoms. The summed E-state index contributed by atoms with van der Waals surface area (Å²) in [6.07, 6.45) is 0.629. The molecule has 1 atom stereocenters. The number of hydrogen-bond donors (Lipinski definition) is 0. The first-order chi connectivity index (χ1) is 13.9. The predicted octanol–water partition coefficient (Wildman–Crippen LogP) is 4.15. The maximum absolute atomic E-state index is 14.3. The summed E-state index contributed by atoms with van der Waals surface area (Å²) in [7, 11) is 4.93. The van der Waals surface area contributed by atoms with Crippen molar-refractivity contribution in [3.05, 3.63) is 75.8 Å². The number of ether oxygens (including phenoxy) is 3. The Balaban J connectivity index is 1.86. The molecule has 0 aliphatic carbocycles. The number of rotatable bonds is 8. The van der Waals surface area contributed by atoms with Gasteiger partial charge in [0.25, 0.3) is 5.56 Å². The van der Waals surface area contributed by atoms with Gasteiger partial charge in [0, 0.05) is 33.4 Å². The normalized spacial score (nSPS) is 13.4. The van der Waals surface area contributed by atoms with Crippen LogP contribution in [0.1, 0.15) is 24.5 Å². The summed E-state index contributed by atoms with van der Waals surface area (Å²) in [6.45, 7) is 2.56. The summed E-state index contributed by atoms with van der Waals surface area (Å²) in [5.41, 5.74) is 1.66. The predicted molar refractivity (Wildman–Crippen MR) is 111 cm³/mol. The van der Waals surface area contributed by atoms with Crippen LogP contribution in [-0.4, -0.2) is 25.4 Å². The van der Waals surface area contributed by atoms with E-state index in [0.717, 1.165) is 16.5 Å². The van der Waals surface area contributed by atoms with Crippen molar-refractivity contribution in [2.24, 2.45) is 7.05 Å². The van der Waals surface area contributed by atoms with Crippen molar-refractivity contribution in [3.8, 4) is 5.75 Å². The van der Waals surface area contributed by atoms with Crippen LogP contribution in [0.25, 0.3) is 10.9 Å². The van der Waals surface area contributed by atoms with Crippen LogP contribution in [0.15, 0.2) is 53.3 Å². The zero-order valence-corrected chi connectivity index (χ0v) is 17.2. The van der Waals surface area contributed by atoms with Crippen LogP contribution >= 0.6 is 0 Å². The quantitative estimate of drug-likeness (QED) is 0.571. The first kappa shape index (κ1) is 21.0. The fourth-order valence-electron chi connectivity index (χ4n) is 3.54. The third kappa shape index (κ3) is 4.33. The molecule has 0 aliphatic heterocycles. The average molecular weight is 399 g/mol. The Bertz CT molecular complexity index is 1060. The SMILES string of the molecule is CC[C@@](COC)(OC)c1cc(F)cc(OCc2ccc3c(ccc(=O)n3C)c2)c1. The Morgan fingerprint density at radius 1 is 1.07 bits per heavy atom. The Labute approximate surface area is 169 Å². The largest absolute Gasteiger partial charge is 0.489 e. The molecule has 2 aromatic carbocycles. The summed E-state index contributed by atoms with van der Waals surface area (Å²) in [6, 6.07) is 13.7. The molecule has 0 bridgehead atoms. The molecule has 6 heteroatoms. The Hall–Kier alpha value is -2.70. The summed E-state index contributed by atoms with van der Waals surface area (Å²) >= 11 is 0. The molecule has 5 nitrogen and oxygen atoms in total. The van der Waals surface area contributed by atoms with Gasteiger partial charge in [-0.05, 0) is 53.3 Å². The maximum atomic E-state index is 14.3. The summed E-state index contributed by atoms with van der Waals surface area (Å²) in [5, 5.41) is 0.942. The van der Waals surface area contributed by atoms with Crippen molar-refractivity contribution in [1.82, 2.24) is 4.57 Å². The van der Waals surface area contributed by atoms with Gasteiger partial charge in [0.1, 0.15) is 23.8 Å². The van der Waals surface area contributed by atoms with Gasteiger partial charge in [0.15, 0.2) is 0 Å². The van der Waals surface area contributed by atoms with E-state index < -0.39 is 11.4 Å². The molecular formula is C23H26FNO4. The molecule has 1 heterocycles. The number of fused-ring (bicyclic) bond motifs is 1. The highest BCUT2D eigenvalue weighted by molar-refractivity contribution is 5.79. The number of pyridine rings is 1. The molecule has 1 aromatic heterocycles. The van der Waals surface area contributed by atoms with E-state index in [2.05, 4.69) is 0 Å². The van der Waals surface area contributed by atoms with E-state index in [0.29, 0.717) is 24.3 Å². The second-order valence-electron chi connectivity index (χ2n) is 7.07. The molecule has 0 saturated heterocycles. The van der Waals surface area contributed by atoms with Gasteiger partial charge in [-0.1, -0.05) is 13.0 Å². The molecule has 154 valence electrons. The zero-order chi connectivity index (χ0) is 21.0. The minimum atomic E-state index is -0.733. The lowest BCUT2D eigenvalue weighted by atomic mass is 9.91. The minimum absolute atomic E-state index is 0.0533. The van der Waals surface area contributed by atoms with Crippen LogP contribution in [0.4, 0.5) is 4.39 Å². The van der Waals surface area contributed by atoms with Gasteiger partial charge in [-0.3, -0.25) is 4.79 Å². The van der Waals surface area contributed by atoms with Gasteiger partial charge < -0.3 is 18.8 Å². The second-order valence-corrected chi connectivity index (χ2v) is 7.07. The Kier molecular flexibility index (Phi) is 6.35. The lowest BCUT2D eigenvalue weighted by molar-refractivity contribution is -0.0722. The minimum Gasteiger partial charge on any atom is -0.489 e. The van der Waals surface area contributed by atoms with E-state index >= 15 is 0 Å². The van der Waals surface area contributed by atoms with Crippen molar-refractivity contribution in [1.29, 1.82) is 0 Å². The molecule has 0 amide bonds. The summed E-state index contributed by atoms with van der Waals surface area (Å²) in [4.78, 5) is 11.8. The van der Waals surface area contributed by atoms with Gasteiger partial charge >= 0.3 is 0 Å². The fraction of sp³-hybridized carbons (Fsp3) is 0.348. The van der Waals surface area contributed by atoms with Crippen molar-refractivity contribution in [2.45, 2.75) is 25.6 Å². The lowest BCUT2D eigenvalue weighted by Gasteiger charge is -2.31. The lowest BCUT2D eigenvalue weighted by Crippen LogP contribution is -2.33. The third-order valence-electron chi connectivity index (χ3n) is 5.33. The molecule has 3 rings (SSSR count). The third-order valence-corrected chi connectivity index (χ3v) is 5.33. The molecule has 3 aromatic rings. The van der Waals surface area contributed by atoms with Gasteiger partial charge in [0.2, 0.25) is 0 Å². The number of benzene rings is 2. The molecule has 0 N–H and O–H groups in total. The molecule has 0 saturated carbocycles. The number of halogens is 1. The topological polar surface area (TPSA) is 49.7 Å². The number of aryl methyl sites for hydroxylation is 1. The highest BCUT2D eigenvalue weighted by atomic mass is 19.1. The molecular weight excluding hydrogens is 373 g/mol. The summed E-state index contributed by atoms with van der Waals surface area (Å²) < 4.78 is 32.7. The molecule has 0 aliphatic rings. The van der Waals surface area contributed by atoms with Gasteiger partial charge in [-0.25, -0.2) is 4.39 Å². The van der Waals surface area contributed by atoms with E-state index in [-0.39, 0.29) is 12.2 Å². The number of aromatic nitrogens is 1. The maximum Gasteiger partial charge on any atom is 0.250 e. The number of methoxy groups -OCH3 is 2. The van der Waals surface area contributed by atoms with Crippen LogP contribution in [0.5, 0.6) is 5.75 Å². The average Bonchev–Trinajstić information content (AvgIpc) is 2.73. The van der Waals surface area contributed by atoms with Crippen LogP contribution in [-0.2, 0) is 28.7 Å². The molecule has 0 radical (unpaired) electrons. The van der Waals surface area contributed by atoms with Gasteiger partial charge in [0.05, 0.1) is 12.1 Å². The first-order valence-corrected chi connectivity index (χ1v) is 9.49. The Morgan fingerprint density at radius 2 is 1.86 bits per heavy atom. The summed E-state index contributed by atoms with van der Waals surface area (Å²) in [5.74, 6) is 0.0310. The van der Waals surface area contributed by atoms with E-state index in [1.807, 2.05) is 25.1 Å². The van der Waals surface area contributed by atoms with Crippen molar-refractivity contribution in [2.75, 3.05) is 20.8 Å². The highest BCUT2D eigenvalue weighted by Crippen LogP contribution is 2.32. The molecule has 0 unspecified atom stereocenters. The van der Waals surface area contributed by atoms with Crippen LogP contribution < -0.4 is 10.3 Å². The first-order valence-electron chi connectivity index (χ1n) is 9.49. The van der Waals surface area contributed by atoms with Crippen LogP contribution in [0, 0.1) is 5.82 Å². The van der Waals surface area contributed by atoms with Crippen molar-refractivity contribution < 1.29 is 18.6 Å². The van der Waals surface area contributed by atoms with Gasteiger partial charge in [-0.15, -0.1) is 0 Å². The number of hydrogen-bond acceptors (Lipinski definition) is 4. The van der Waals surface area contributed by atoms with Crippen LogP contribution in [0.2, 0.25) is 0 Å². The van der Waals surface area contributed by atoms with E-state index in [1.165, 1.54) is 18.2 Å². The molecule has 0 spiro atoms. The fourth-order valence-corrected chi connectivity index (χ4v) is 3.54. The van der Waals surface area contributed by atoms with Crippen molar-refractivity contribution in [3.63, 3.8) is 0 Å². The monoisotopic (exact) mass is 399 g/mol. The van der Waals surface area contributed by atoms with Crippen LogP contribution in [0.3, 0.4) is 0 Å². The van der Waals surface area contributed by atoms with E-state index in [1.54, 1.807) is 38.0 Å². The number of nitrogens with zero attached hydrogens (tertiary/aromatic N) is 1. The molecule has 0 fully saturated rings. The highest BCUT2D eigenvalue weighted by Gasteiger charge is 2.31. The Morgan fingerprint density at radius 3 is 2.55 bits per heavy atom. The second kappa shape index (κ2) is 8.76. The van der Waals surface area contributed by atoms with E-state index in [9.17, 15) is 9.18 Å². The van der Waals surface area contributed by atoms with E-state index in [4.69, 9.17) is 14.2 Å². The zero-order valence-electron chi connectivity index (χ0n) is 17.2.